The molecule has 2 saturated heterocycles. The Bertz CT molecular complexity index is 783. The van der Waals surface area contributed by atoms with Crippen LogP contribution in [0.3, 0.4) is 0 Å². The molecule has 146 valence electrons. The molecule has 0 unspecified atom stereocenters. The second-order valence-electron chi connectivity index (χ2n) is 6.78. The maximum absolute atomic E-state index is 13.3. The zero-order valence-corrected chi connectivity index (χ0v) is 15.7. The van der Waals surface area contributed by atoms with Crippen LogP contribution in [0.1, 0.15) is 23.5 Å². The summed E-state index contributed by atoms with van der Waals surface area (Å²) in [4.78, 5) is 13.7. The Morgan fingerprint density at radius 2 is 1.78 bits per heavy atom. The molecule has 2 aromatic rings. The van der Waals surface area contributed by atoms with Gasteiger partial charge in [-0.15, -0.1) is 11.3 Å². The largest absolute Gasteiger partial charge is 0.451 e. The Labute approximate surface area is 159 Å². The number of hydrogen-bond donors (Lipinski definition) is 0. The van der Waals surface area contributed by atoms with Crippen LogP contribution < -0.4 is 4.90 Å². The van der Waals surface area contributed by atoms with Crippen LogP contribution in [0.25, 0.3) is 10.6 Å². The van der Waals surface area contributed by atoms with E-state index in [1.165, 1.54) is 11.3 Å². The highest BCUT2D eigenvalue weighted by Gasteiger charge is 2.36. The molecular weight excluding hydrogens is 377 g/mol. The lowest BCUT2D eigenvalue weighted by Crippen LogP contribution is -2.35. The molecule has 5 nitrogen and oxygen atoms in total. The van der Waals surface area contributed by atoms with E-state index in [0.29, 0.717) is 11.5 Å². The van der Waals surface area contributed by atoms with E-state index in [0.717, 1.165) is 68.5 Å². The highest BCUT2D eigenvalue weighted by atomic mass is 32.1. The average molecular weight is 398 g/mol. The molecule has 0 saturated carbocycles. The predicted molar refractivity (Wildman–Crippen MR) is 97.9 cm³/mol. The Morgan fingerprint density at radius 3 is 2.48 bits per heavy atom. The molecule has 0 amide bonds. The molecule has 2 aliphatic heterocycles. The number of morpholine rings is 1. The van der Waals surface area contributed by atoms with Crippen molar-refractivity contribution < 1.29 is 17.9 Å². The summed E-state index contributed by atoms with van der Waals surface area (Å²) in [5.41, 5.74) is 0.345. The van der Waals surface area contributed by atoms with Crippen molar-refractivity contribution in [3.05, 3.63) is 28.9 Å². The molecule has 9 heteroatoms. The molecule has 2 fully saturated rings. The predicted octanol–water partition coefficient (Wildman–Crippen LogP) is 3.66. The van der Waals surface area contributed by atoms with Crippen LogP contribution in [0.4, 0.5) is 19.0 Å². The number of halogens is 3. The Hall–Kier alpha value is -1.71. The van der Waals surface area contributed by atoms with Crippen LogP contribution in [0.15, 0.2) is 18.2 Å². The highest BCUT2D eigenvalue weighted by molar-refractivity contribution is 7.15. The molecule has 0 atom stereocenters. The van der Waals surface area contributed by atoms with Crippen LogP contribution in [0.5, 0.6) is 0 Å². The minimum Gasteiger partial charge on any atom is -0.379 e. The van der Waals surface area contributed by atoms with E-state index in [2.05, 4.69) is 14.9 Å². The first-order valence-corrected chi connectivity index (χ1v) is 9.91. The van der Waals surface area contributed by atoms with Gasteiger partial charge in [-0.2, -0.15) is 13.2 Å². The maximum Gasteiger partial charge on any atom is 0.451 e. The fourth-order valence-electron chi connectivity index (χ4n) is 3.38. The third kappa shape index (κ3) is 4.41. The van der Waals surface area contributed by atoms with Crippen molar-refractivity contribution in [3.63, 3.8) is 0 Å². The fraction of sp³-hybridized carbons (Fsp3) is 0.556. The number of thiophene rings is 1. The van der Waals surface area contributed by atoms with Gasteiger partial charge in [0.25, 0.3) is 0 Å². The Morgan fingerprint density at radius 1 is 1.04 bits per heavy atom. The molecule has 27 heavy (non-hydrogen) atoms. The molecular formula is C18H21F3N4OS. The van der Waals surface area contributed by atoms with Crippen LogP contribution in [-0.4, -0.2) is 54.3 Å². The van der Waals surface area contributed by atoms with Crippen molar-refractivity contribution in [2.75, 3.05) is 44.3 Å². The van der Waals surface area contributed by atoms with Crippen LogP contribution in [0.2, 0.25) is 0 Å². The van der Waals surface area contributed by atoms with Crippen molar-refractivity contribution in [1.82, 2.24) is 14.9 Å². The van der Waals surface area contributed by atoms with E-state index in [1.807, 2.05) is 17.0 Å². The molecule has 0 spiro atoms. The average Bonchev–Trinajstić information content (AvgIpc) is 3.34. The van der Waals surface area contributed by atoms with Crippen molar-refractivity contribution in [2.45, 2.75) is 25.6 Å². The number of hydrogen-bond acceptors (Lipinski definition) is 6. The van der Waals surface area contributed by atoms with Gasteiger partial charge < -0.3 is 9.64 Å². The van der Waals surface area contributed by atoms with E-state index in [9.17, 15) is 13.2 Å². The number of ether oxygens (including phenoxy) is 1. The lowest BCUT2D eigenvalue weighted by Gasteiger charge is -2.25. The summed E-state index contributed by atoms with van der Waals surface area (Å²) in [6, 6.07) is 5.52. The van der Waals surface area contributed by atoms with E-state index in [4.69, 9.17) is 4.74 Å². The van der Waals surface area contributed by atoms with Gasteiger partial charge in [-0.3, -0.25) is 4.90 Å². The Balaban J connectivity index is 1.61. The zero-order chi connectivity index (χ0) is 18.9. The summed E-state index contributed by atoms with van der Waals surface area (Å²) in [6.45, 7) is 5.44. The summed E-state index contributed by atoms with van der Waals surface area (Å²) in [5, 5.41) is 0. The molecule has 2 aromatic heterocycles. The minimum absolute atomic E-state index is 0.345. The van der Waals surface area contributed by atoms with Crippen LogP contribution in [-0.2, 0) is 17.5 Å². The van der Waals surface area contributed by atoms with Gasteiger partial charge in [0.05, 0.1) is 23.8 Å². The van der Waals surface area contributed by atoms with Crippen molar-refractivity contribution >= 4 is 17.2 Å². The second kappa shape index (κ2) is 7.73. The van der Waals surface area contributed by atoms with E-state index in [1.54, 1.807) is 6.07 Å². The zero-order valence-electron chi connectivity index (χ0n) is 14.8. The van der Waals surface area contributed by atoms with Gasteiger partial charge in [-0.25, -0.2) is 9.97 Å². The summed E-state index contributed by atoms with van der Waals surface area (Å²) in [7, 11) is 0. The lowest BCUT2D eigenvalue weighted by molar-refractivity contribution is -0.144. The monoisotopic (exact) mass is 398 g/mol. The topological polar surface area (TPSA) is 41.5 Å². The summed E-state index contributed by atoms with van der Waals surface area (Å²) < 4.78 is 45.3. The van der Waals surface area contributed by atoms with Crippen molar-refractivity contribution in [1.29, 1.82) is 0 Å². The first-order chi connectivity index (χ1) is 13.0. The van der Waals surface area contributed by atoms with Crippen molar-refractivity contribution in [3.8, 4) is 10.6 Å². The van der Waals surface area contributed by atoms with Gasteiger partial charge in [0.15, 0.2) is 0 Å². The first kappa shape index (κ1) is 18.6. The summed E-state index contributed by atoms with van der Waals surface area (Å²) >= 11 is 1.49. The number of aromatic nitrogens is 2. The molecule has 0 bridgehead atoms. The van der Waals surface area contributed by atoms with E-state index < -0.39 is 12.0 Å². The van der Waals surface area contributed by atoms with Crippen molar-refractivity contribution in [2.24, 2.45) is 0 Å². The van der Waals surface area contributed by atoms with Gasteiger partial charge in [0, 0.05) is 43.7 Å². The number of rotatable bonds is 4. The standard InChI is InChI=1S/C18H21F3N4OS/c19-18(20,21)17-22-14(11-16(23-17)25-5-1-2-6-25)15-4-3-13(27-15)12-24-7-9-26-10-8-24/h3-4,11H,1-2,5-10,12H2. The maximum atomic E-state index is 13.3. The molecule has 0 N–H and O–H groups in total. The lowest BCUT2D eigenvalue weighted by atomic mass is 10.3. The summed E-state index contributed by atoms with van der Waals surface area (Å²) in [6.07, 6.45) is -2.61. The first-order valence-electron chi connectivity index (χ1n) is 9.09. The van der Waals surface area contributed by atoms with Crippen LogP contribution in [0, 0.1) is 0 Å². The normalized spacial score (nSPS) is 19.0. The smallest absolute Gasteiger partial charge is 0.379 e. The molecule has 0 aliphatic carbocycles. The summed E-state index contributed by atoms with van der Waals surface area (Å²) in [5.74, 6) is -0.696. The fourth-order valence-corrected chi connectivity index (χ4v) is 4.39. The molecule has 4 rings (SSSR count). The Kier molecular flexibility index (Phi) is 5.34. The van der Waals surface area contributed by atoms with Gasteiger partial charge in [0.2, 0.25) is 5.82 Å². The highest BCUT2D eigenvalue weighted by Crippen LogP contribution is 2.34. The molecule has 0 radical (unpaired) electrons. The van der Waals surface area contributed by atoms with Gasteiger partial charge in [0.1, 0.15) is 5.82 Å². The SMILES string of the molecule is FC(F)(F)c1nc(-c2ccc(CN3CCOCC3)s2)cc(N2CCCC2)n1. The van der Waals surface area contributed by atoms with E-state index in [-0.39, 0.29) is 0 Å². The van der Waals surface area contributed by atoms with Gasteiger partial charge in [-0.05, 0) is 25.0 Å². The molecule has 0 aromatic carbocycles. The molecule has 4 heterocycles. The van der Waals surface area contributed by atoms with Crippen LogP contribution >= 0.6 is 11.3 Å². The third-order valence-electron chi connectivity index (χ3n) is 4.79. The number of nitrogens with zero attached hydrogens (tertiary/aromatic N) is 4. The third-order valence-corrected chi connectivity index (χ3v) is 5.89. The van der Waals surface area contributed by atoms with Gasteiger partial charge >= 0.3 is 6.18 Å². The number of alkyl halides is 3. The number of anilines is 1. The minimum atomic E-state index is -4.56. The quantitative estimate of drug-likeness (QED) is 0.786. The van der Waals surface area contributed by atoms with Gasteiger partial charge in [-0.1, -0.05) is 0 Å². The van der Waals surface area contributed by atoms with E-state index >= 15 is 0 Å². The molecule has 2 aliphatic rings. The second-order valence-corrected chi connectivity index (χ2v) is 7.95.